The lowest BCUT2D eigenvalue weighted by Gasteiger charge is -2.01. The first-order valence-electron chi connectivity index (χ1n) is 6.10. The number of carbonyl (C=O) groups is 1. The molecule has 0 fully saturated rings. The number of benzene rings is 2. The van der Waals surface area contributed by atoms with Crippen LogP contribution in [0.1, 0.15) is 5.82 Å². The molecule has 0 radical (unpaired) electrons. The molecule has 102 valence electrons. The molecule has 6 heteroatoms. The fraction of sp³-hybridized carbons (Fsp3) is 0.143. The second-order valence-corrected chi connectivity index (χ2v) is 5.58. The van der Waals surface area contributed by atoms with Crippen molar-refractivity contribution in [3.05, 3.63) is 40.6 Å². The molecule has 0 saturated carbocycles. The summed E-state index contributed by atoms with van der Waals surface area (Å²) in [6, 6.07) is 8.96. The van der Waals surface area contributed by atoms with Gasteiger partial charge in [0.05, 0.1) is 11.0 Å². The van der Waals surface area contributed by atoms with Gasteiger partial charge in [0.2, 0.25) is 0 Å². The molecule has 4 N–H and O–H groups in total. The van der Waals surface area contributed by atoms with E-state index >= 15 is 0 Å². The van der Waals surface area contributed by atoms with E-state index in [4.69, 9.17) is 10.8 Å². The summed E-state index contributed by atoms with van der Waals surface area (Å²) in [6.45, 7) is 0. The van der Waals surface area contributed by atoms with Crippen LogP contribution in [0.4, 0.5) is 0 Å². The fourth-order valence-corrected chi connectivity index (χ4v) is 2.60. The molecule has 3 rings (SSSR count). The largest absolute Gasteiger partial charge is 0.480 e. The van der Waals surface area contributed by atoms with Gasteiger partial charge in [0.25, 0.3) is 0 Å². The summed E-state index contributed by atoms with van der Waals surface area (Å²) in [6.07, 6.45) is 0.183. The van der Waals surface area contributed by atoms with E-state index in [1.54, 1.807) is 0 Å². The third-order valence-electron chi connectivity index (χ3n) is 3.21. The van der Waals surface area contributed by atoms with Crippen LogP contribution >= 0.6 is 15.9 Å². The number of fused-ring (bicyclic) bond motifs is 3. The molecule has 0 unspecified atom stereocenters. The lowest BCUT2D eigenvalue weighted by atomic mass is 10.1. The van der Waals surface area contributed by atoms with E-state index in [0.717, 1.165) is 26.3 Å². The van der Waals surface area contributed by atoms with Crippen LogP contribution in [0, 0.1) is 0 Å². The Kier molecular flexibility index (Phi) is 3.19. The highest BCUT2D eigenvalue weighted by molar-refractivity contribution is 9.10. The normalized spacial score (nSPS) is 12.9. The average molecular weight is 334 g/mol. The van der Waals surface area contributed by atoms with Crippen LogP contribution in [0.3, 0.4) is 0 Å². The number of nitrogens with two attached hydrogens (primary N) is 1. The molecular formula is C14H12BrN3O2. The van der Waals surface area contributed by atoms with Crippen LogP contribution in [0.5, 0.6) is 0 Å². The van der Waals surface area contributed by atoms with Crippen molar-refractivity contribution in [1.29, 1.82) is 0 Å². The minimum absolute atomic E-state index is 0.183. The van der Waals surface area contributed by atoms with Crippen LogP contribution in [-0.2, 0) is 11.2 Å². The predicted octanol–water partition coefficient (Wildman–Crippen LogP) is 2.43. The van der Waals surface area contributed by atoms with E-state index in [1.807, 2.05) is 30.3 Å². The summed E-state index contributed by atoms with van der Waals surface area (Å²) < 4.78 is 1.01. The molecule has 0 bridgehead atoms. The van der Waals surface area contributed by atoms with Gasteiger partial charge in [-0.1, -0.05) is 28.1 Å². The summed E-state index contributed by atoms with van der Waals surface area (Å²) >= 11 is 3.44. The van der Waals surface area contributed by atoms with Gasteiger partial charge in [-0.15, -0.1) is 0 Å². The first-order valence-corrected chi connectivity index (χ1v) is 6.89. The zero-order valence-corrected chi connectivity index (χ0v) is 12.0. The number of nitrogens with zero attached hydrogens (tertiary/aromatic N) is 1. The Bertz CT molecular complexity index is 813. The van der Waals surface area contributed by atoms with Crippen molar-refractivity contribution in [2.24, 2.45) is 5.73 Å². The number of rotatable bonds is 3. The summed E-state index contributed by atoms with van der Waals surface area (Å²) in [4.78, 5) is 18.4. The number of H-pyrrole nitrogens is 1. The van der Waals surface area contributed by atoms with E-state index < -0.39 is 12.0 Å². The summed E-state index contributed by atoms with van der Waals surface area (Å²) in [5.41, 5.74) is 7.25. The highest BCUT2D eigenvalue weighted by Crippen LogP contribution is 2.26. The molecule has 1 atom stereocenters. The van der Waals surface area contributed by atoms with Crippen molar-refractivity contribution in [1.82, 2.24) is 9.97 Å². The Morgan fingerprint density at radius 3 is 2.95 bits per heavy atom. The number of carboxylic acids is 1. The molecule has 3 aromatic rings. The van der Waals surface area contributed by atoms with E-state index in [1.165, 1.54) is 0 Å². The molecule has 1 aromatic heterocycles. The molecule has 2 aromatic carbocycles. The number of carboxylic acid groups (broad SMARTS) is 1. The number of aromatic amines is 1. The predicted molar refractivity (Wildman–Crippen MR) is 80.6 cm³/mol. The Morgan fingerprint density at radius 1 is 1.40 bits per heavy atom. The maximum atomic E-state index is 10.8. The van der Waals surface area contributed by atoms with E-state index in [2.05, 4.69) is 25.9 Å². The van der Waals surface area contributed by atoms with E-state index in [9.17, 15) is 4.79 Å². The second kappa shape index (κ2) is 4.88. The Hall–Kier alpha value is -1.92. The first-order chi connectivity index (χ1) is 9.54. The van der Waals surface area contributed by atoms with Crippen LogP contribution in [0.15, 0.2) is 34.8 Å². The maximum Gasteiger partial charge on any atom is 0.320 e. The van der Waals surface area contributed by atoms with Crippen molar-refractivity contribution in [3.8, 4) is 0 Å². The molecule has 0 aliphatic carbocycles. The highest BCUT2D eigenvalue weighted by Gasteiger charge is 2.15. The van der Waals surface area contributed by atoms with Crippen molar-refractivity contribution in [3.63, 3.8) is 0 Å². The zero-order valence-electron chi connectivity index (χ0n) is 10.4. The number of halogens is 1. The first kappa shape index (κ1) is 13.1. The van der Waals surface area contributed by atoms with Crippen LogP contribution < -0.4 is 5.73 Å². The average Bonchev–Trinajstić information content (AvgIpc) is 2.80. The maximum absolute atomic E-state index is 10.8. The minimum atomic E-state index is -1.03. The number of hydrogen-bond acceptors (Lipinski definition) is 3. The molecule has 0 spiro atoms. The quantitative estimate of drug-likeness (QED) is 0.686. The Morgan fingerprint density at radius 2 is 2.20 bits per heavy atom. The number of hydrogen-bond donors (Lipinski definition) is 3. The molecule has 1 heterocycles. The van der Waals surface area contributed by atoms with Gasteiger partial charge < -0.3 is 15.8 Å². The van der Waals surface area contributed by atoms with Crippen molar-refractivity contribution in [2.75, 3.05) is 0 Å². The smallest absolute Gasteiger partial charge is 0.320 e. The SMILES string of the molecule is N[C@H](Cc1nc2c(ccc3cc(Br)ccc32)[nH]1)C(=O)O. The van der Waals surface area contributed by atoms with Gasteiger partial charge in [-0.05, 0) is 23.6 Å². The van der Waals surface area contributed by atoms with Gasteiger partial charge in [0.15, 0.2) is 0 Å². The third-order valence-corrected chi connectivity index (χ3v) is 3.70. The Balaban J connectivity index is 2.11. The van der Waals surface area contributed by atoms with Gasteiger partial charge in [0.1, 0.15) is 11.9 Å². The molecule has 0 amide bonds. The van der Waals surface area contributed by atoms with Gasteiger partial charge in [-0.25, -0.2) is 4.98 Å². The second-order valence-electron chi connectivity index (χ2n) is 4.66. The lowest BCUT2D eigenvalue weighted by Crippen LogP contribution is -2.32. The number of imidazole rings is 1. The van der Waals surface area contributed by atoms with E-state index in [0.29, 0.717) is 5.82 Å². The number of aromatic nitrogens is 2. The van der Waals surface area contributed by atoms with Crippen molar-refractivity contribution in [2.45, 2.75) is 12.5 Å². The van der Waals surface area contributed by atoms with Gasteiger partial charge in [-0.3, -0.25) is 4.79 Å². The van der Waals surface area contributed by atoms with Gasteiger partial charge in [0, 0.05) is 16.3 Å². The highest BCUT2D eigenvalue weighted by atomic mass is 79.9. The van der Waals surface area contributed by atoms with Gasteiger partial charge >= 0.3 is 5.97 Å². The molecule has 5 nitrogen and oxygen atoms in total. The van der Waals surface area contributed by atoms with E-state index in [-0.39, 0.29) is 6.42 Å². The zero-order chi connectivity index (χ0) is 14.3. The van der Waals surface area contributed by atoms with Gasteiger partial charge in [-0.2, -0.15) is 0 Å². The summed E-state index contributed by atoms with van der Waals surface area (Å²) in [5, 5.41) is 11.0. The molecule has 0 saturated heterocycles. The minimum Gasteiger partial charge on any atom is -0.480 e. The summed E-state index contributed by atoms with van der Waals surface area (Å²) in [5.74, 6) is -0.440. The monoisotopic (exact) mass is 333 g/mol. The topological polar surface area (TPSA) is 92.0 Å². The third kappa shape index (κ3) is 2.28. The molecular weight excluding hydrogens is 322 g/mol. The van der Waals surface area contributed by atoms with Crippen LogP contribution in [0.2, 0.25) is 0 Å². The van der Waals surface area contributed by atoms with Crippen molar-refractivity contribution < 1.29 is 9.90 Å². The fourth-order valence-electron chi connectivity index (χ4n) is 2.22. The van der Waals surface area contributed by atoms with Crippen LogP contribution in [-0.4, -0.2) is 27.1 Å². The number of nitrogens with one attached hydrogen (secondary N) is 1. The Labute approximate surface area is 122 Å². The van der Waals surface area contributed by atoms with Crippen LogP contribution in [0.25, 0.3) is 21.8 Å². The molecule has 0 aliphatic rings. The van der Waals surface area contributed by atoms with Crippen molar-refractivity contribution >= 4 is 43.7 Å². The molecule has 0 aliphatic heterocycles. The standard InChI is InChI=1S/C14H12BrN3O2/c15-8-2-3-9-7(5-8)1-4-11-13(9)18-12(17-11)6-10(16)14(19)20/h1-5,10H,6,16H2,(H,17,18)(H,19,20)/t10-/m1/s1. The molecule has 20 heavy (non-hydrogen) atoms. The lowest BCUT2D eigenvalue weighted by molar-refractivity contribution is -0.138. The number of aliphatic carboxylic acids is 1. The summed E-state index contributed by atoms with van der Waals surface area (Å²) in [7, 11) is 0.